The Morgan fingerprint density at radius 3 is 1.86 bits per heavy atom. The van der Waals surface area contributed by atoms with E-state index in [1.165, 1.54) is 38.2 Å². The Kier molecular flexibility index (Phi) is 19.3. The summed E-state index contributed by atoms with van der Waals surface area (Å²) in [6, 6.07) is 0. The zero-order chi connectivity index (χ0) is 21.7. The third kappa shape index (κ3) is 16.3. The molecule has 2 atom stereocenters. The van der Waals surface area contributed by atoms with E-state index in [1.807, 2.05) is 0 Å². The van der Waals surface area contributed by atoms with Crippen molar-refractivity contribution in [2.24, 2.45) is 5.92 Å². The number of aliphatic carboxylic acids is 1. The monoisotopic (exact) mass is 412 g/mol. The fourth-order valence-electron chi connectivity index (χ4n) is 3.51. The molecule has 0 heterocycles. The molecule has 5 heteroatoms. The van der Waals surface area contributed by atoms with Gasteiger partial charge in [0.05, 0.1) is 6.10 Å². The van der Waals surface area contributed by atoms with Gasteiger partial charge in [0.25, 0.3) is 0 Å². The summed E-state index contributed by atoms with van der Waals surface area (Å²) in [5, 5.41) is 28.2. The molecule has 0 fully saturated rings. The lowest BCUT2D eigenvalue weighted by Gasteiger charge is -2.16. The van der Waals surface area contributed by atoms with Crippen molar-refractivity contribution in [3.63, 3.8) is 0 Å². The molecule has 0 aliphatic heterocycles. The van der Waals surface area contributed by atoms with Crippen LogP contribution in [0.15, 0.2) is 12.2 Å². The van der Waals surface area contributed by atoms with Crippen molar-refractivity contribution in [3.8, 4) is 0 Å². The zero-order valence-electron chi connectivity index (χ0n) is 18.5. The summed E-state index contributed by atoms with van der Waals surface area (Å²) in [6.07, 6.45) is 18.4. The molecule has 3 N–H and O–H groups in total. The van der Waals surface area contributed by atoms with Gasteiger partial charge in [0.15, 0.2) is 5.78 Å². The topological polar surface area (TPSA) is 94.8 Å². The molecule has 0 aromatic carbocycles. The van der Waals surface area contributed by atoms with E-state index in [4.69, 9.17) is 5.11 Å². The second-order valence-corrected chi connectivity index (χ2v) is 8.09. The maximum absolute atomic E-state index is 12.2. The van der Waals surface area contributed by atoms with E-state index in [-0.39, 0.29) is 0 Å². The number of unbranched alkanes of at least 4 members (excludes halogenated alkanes) is 13. The Balaban J connectivity index is 3.92. The van der Waals surface area contributed by atoms with Crippen molar-refractivity contribution in [2.45, 2.75) is 116 Å². The van der Waals surface area contributed by atoms with Crippen molar-refractivity contribution in [3.05, 3.63) is 12.2 Å². The van der Waals surface area contributed by atoms with Crippen molar-refractivity contribution >= 4 is 11.8 Å². The molecular weight excluding hydrogens is 368 g/mol. The number of rotatable bonds is 21. The van der Waals surface area contributed by atoms with Crippen LogP contribution in [0.25, 0.3) is 0 Å². The quantitative estimate of drug-likeness (QED) is 0.133. The number of carboxylic acid groups (broad SMARTS) is 1. The normalized spacial score (nSPS) is 13.6. The Labute approximate surface area is 177 Å². The van der Waals surface area contributed by atoms with Gasteiger partial charge in [-0.1, -0.05) is 90.0 Å². The van der Waals surface area contributed by atoms with E-state index in [1.54, 1.807) is 6.08 Å². The lowest BCUT2D eigenvalue weighted by atomic mass is 9.92. The van der Waals surface area contributed by atoms with E-state index in [9.17, 15) is 19.8 Å². The Morgan fingerprint density at radius 2 is 1.31 bits per heavy atom. The largest absolute Gasteiger partial charge is 0.481 e. The summed E-state index contributed by atoms with van der Waals surface area (Å²) in [4.78, 5) is 23.6. The van der Waals surface area contributed by atoms with E-state index in [0.717, 1.165) is 64.2 Å². The maximum Gasteiger partial charge on any atom is 0.317 e. The van der Waals surface area contributed by atoms with Crippen LogP contribution in [-0.2, 0) is 9.59 Å². The fraction of sp³-hybridized carbons (Fsp3) is 0.833. The molecule has 5 nitrogen and oxygen atoms in total. The first-order valence-electron chi connectivity index (χ1n) is 11.8. The molecule has 0 radical (unpaired) electrons. The molecule has 0 amide bonds. The van der Waals surface area contributed by atoms with E-state index >= 15 is 0 Å². The molecule has 0 aliphatic carbocycles. The van der Waals surface area contributed by atoms with Gasteiger partial charge in [0.2, 0.25) is 0 Å². The number of carboxylic acids is 1. The molecule has 0 rings (SSSR count). The lowest BCUT2D eigenvalue weighted by Crippen LogP contribution is -2.34. The summed E-state index contributed by atoms with van der Waals surface area (Å²) in [5.41, 5.74) is 0. The van der Waals surface area contributed by atoms with Gasteiger partial charge in [-0.15, -0.1) is 0 Å². The predicted molar refractivity (Wildman–Crippen MR) is 118 cm³/mol. The maximum atomic E-state index is 12.2. The Bertz CT molecular complexity index is 433. The molecule has 0 aliphatic rings. The SMILES string of the molecule is CCCCCCCC(O)C(C(=O)O)C(=O)C=CCCCCCCCCCCCO. The summed E-state index contributed by atoms with van der Waals surface area (Å²) < 4.78 is 0. The van der Waals surface area contributed by atoms with Crippen LogP contribution < -0.4 is 0 Å². The zero-order valence-corrected chi connectivity index (χ0v) is 18.5. The lowest BCUT2D eigenvalue weighted by molar-refractivity contribution is -0.149. The number of aliphatic hydroxyl groups excluding tert-OH is 2. The van der Waals surface area contributed by atoms with Crippen molar-refractivity contribution < 1.29 is 24.9 Å². The van der Waals surface area contributed by atoms with Gasteiger partial charge >= 0.3 is 5.97 Å². The highest BCUT2D eigenvalue weighted by Crippen LogP contribution is 2.16. The minimum absolute atomic E-state index is 0.293. The van der Waals surface area contributed by atoms with Crippen LogP contribution in [-0.4, -0.2) is 39.8 Å². The minimum Gasteiger partial charge on any atom is -0.481 e. The Hall–Kier alpha value is -1.20. The second-order valence-electron chi connectivity index (χ2n) is 8.09. The standard InChI is InChI=1S/C24H44O5/c1-2-3-4-12-15-18-21(26)23(24(28)29)22(27)19-16-13-10-8-6-5-7-9-11-14-17-20-25/h16,19,21,23,25-26H,2-15,17-18,20H2,1H3,(H,28,29). The number of aliphatic hydroxyl groups is 2. The number of carbonyl (C=O) groups excluding carboxylic acids is 1. The van der Waals surface area contributed by atoms with Gasteiger partial charge in [-0.3, -0.25) is 9.59 Å². The molecule has 2 unspecified atom stereocenters. The number of ketones is 1. The van der Waals surface area contributed by atoms with Gasteiger partial charge in [0.1, 0.15) is 5.92 Å². The summed E-state index contributed by atoms with van der Waals surface area (Å²) in [6.45, 7) is 2.42. The van der Waals surface area contributed by atoms with Crippen LogP contribution in [0, 0.1) is 5.92 Å². The summed E-state index contributed by atoms with van der Waals surface area (Å²) >= 11 is 0. The van der Waals surface area contributed by atoms with Gasteiger partial charge in [-0.05, 0) is 31.8 Å². The first-order chi connectivity index (χ1) is 14.0. The summed E-state index contributed by atoms with van der Waals surface area (Å²) in [7, 11) is 0. The Morgan fingerprint density at radius 1 is 0.793 bits per heavy atom. The molecule has 0 aromatic rings. The predicted octanol–water partition coefficient (Wildman–Crippen LogP) is 5.43. The second kappa shape index (κ2) is 20.1. The van der Waals surface area contributed by atoms with Gasteiger partial charge < -0.3 is 15.3 Å². The van der Waals surface area contributed by atoms with Crippen LogP contribution >= 0.6 is 0 Å². The molecule has 0 saturated carbocycles. The average molecular weight is 413 g/mol. The molecule has 0 spiro atoms. The van der Waals surface area contributed by atoms with Crippen LogP contribution in [0.3, 0.4) is 0 Å². The molecular formula is C24H44O5. The number of hydrogen-bond donors (Lipinski definition) is 3. The van der Waals surface area contributed by atoms with E-state index in [2.05, 4.69) is 6.92 Å². The molecule has 0 saturated heterocycles. The molecule has 0 bridgehead atoms. The highest BCUT2D eigenvalue weighted by atomic mass is 16.4. The molecule has 0 aromatic heterocycles. The average Bonchev–Trinajstić information content (AvgIpc) is 2.68. The first kappa shape index (κ1) is 27.8. The third-order valence-electron chi connectivity index (χ3n) is 5.37. The smallest absolute Gasteiger partial charge is 0.317 e. The van der Waals surface area contributed by atoms with Crippen LogP contribution in [0.4, 0.5) is 0 Å². The molecule has 29 heavy (non-hydrogen) atoms. The van der Waals surface area contributed by atoms with E-state index < -0.39 is 23.8 Å². The van der Waals surface area contributed by atoms with Gasteiger partial charge in [-0.25, -0.2) is 0 Å². The molecule has 170 valence electrons. The highest BCUT2D eigenvalue weighted by molar-refractivity contribution is 6.04. The van der Waals surface area contributed by atoms with Gasteiger partial charge in [0, 0.05) is 6.61 Å². The van der Waals surface area contributed by atoms with Crippen molar-refractivity contribution in [2.75, 3.05) is 6.61 Å². The van der Waals surface area contributed by atoms with Crippen LogP contribution in [0.5, 0.6) is 0 Å². The summed E-state index contributed by atoms with van der Waals surface area (Å²) in [5.74, 6) is -3.08. The first-order valence-corrected chi connectivity index (χ1v) is 11.8. The third-order valence-corrected chi connectivity index (χ3v) is 5.37. The van der Waals surface area contributed by atoms with E-state index in [0.29, 0.717) is 13.0 Å². The highest BCUT2D eigenvalue weighted by Gasteiger charge is 2.31. The van der Waals surface area contributed by atoms with Crippen LogP contribution in [0.2, 0.25) is 0 Å². The van der Waals surface area contributed by atoms with Crippen LogP contribution in [0.1, 0.15) is 110 Å². The number of carbonyl (C=O) groups is 2. The number of allylic oxidation sites excluding steroid dienone is 2. The van der Waals surface area contributed by atoms with Crippen molar-refractivity contribution in [1.82, 2.24) is 0 Å². The fourth-order valence-corrected chi connectivity index (χ4v) is 3.51. The van der Waals surface area contributed by atoms with Crippen molar-refractivity contribution in [1.29, 1.82) is 0 Å². The van der Waals surface area contributed by atoms with Gasteiger partial charge in [-0.2, -0.15) is 0 Å². The number of hydrogen-bond acceptors (Lipinski definition) is 4. The minimum atomic E-state index is -1.34.